The summed E-state index contributed by atoms with van der Waals surface area (Å²) in [7, 11) is 0. The Hall–Kier alpha value is -1.55. The van der Waals surface area contributed by atoms with Crippen molar-refractivity contribution in [3.63, 3.8) is 0 Å². The maximum Gasteiger partial charge on any atom is 0.260 e. The predicted molar refractivity (Wildman–Crippen MR) is 82.6 cm³/mol. The second-order valence-corrected chi connectivity index (χ2v) is 6.35. The van der Waals surface area contributed by atoms with Gasteiger partial charge < -0.3 is 15.0 Å². The van der Waals surface area contributed by atoms with E-state index in [1.54, 1.807) is 0 Å². The molecule has 0 saturated carbocycles. The number of aryl methyl sites for hydroxylation is 2. The van der Waals surface area contributed by atoms with Crippen LogP contribution in [0.5, 0.6) is 5.75 Å². The highest BCUT2D eigenvalue weighted by atomic mass is 16.5. The van der Waals surface area contributed by atoms with Crippen LogP contribution in [-0.4, -0.2) is 42.6 Å². The van der Waals surface area contributed by atoms with Gasteiger partial charge in [0.05, 0.1) is 0 Å². The maximum atomic E-state index is 12.3. The first-order chi connectivity index (χ1) is 10.1. The Morgan fingerprint density at radius 2 is 1.86 bits per heavy atom. The van der Waals surface area contributed by atoms with Gasteiger partial charge in [-0.25, -0.2) is 0 Å². The number of nitrogens with zero attached hydrogens (tertiary/aromatic N) is 1. The van der Waals surface area contributed by atoms with Crippen molar-refractivity contribution in [2.45, 2.75) is 38.6 Å². The van der Waals surface area contributed by atoms with Crippen molar-refractivity contribution in [3.05, 3.63) is 29.3 Å². The number of rotatable bonds is 3. The van der Waals surface area contributed by atoms with E-state index in [0.29, 0.717) is 5.54 Å². The monoisotopic (exact) mass is 288 g/mol. The zero-order valence-electron chi connectivity index (χ0n) is 12.9. The molecule has 3 rings (SSSR count). The highest BCUT2D eigenvalue weighted by Crippen LogP contribution is 2.31. The van der Waals surface area contributed by atoms with Gasteiger partial charge in [0.25, 0.3) is 5.91 Å². The average molecular weight is 288 g/mol. The molecule has 0 unspecified atom stereocenters. The number of nitrogens with one attached hydrogen (secondary N) is 1. The molecule has 1 amide bonds. The zero-order chi connectivity index (χ0) is 14.9. The molecule has 0 aromatic heterocycles. The molecule has 114 valence electrons. The highest BCUT2D eigenvalue weighted by molar-refractivity contribution is 5.78. The Kier molecular flexibility index (Phi) is 3.89. The van der Waals surface area contributed by atoms with Gasteiger partial charge in [-0.2, -0.15) is 0 Å². The molecule has 0 aliphatic carbocycles. The third-order valence-corrected chi connectivity index (χ3v) is 4.93. The number of carbonyl (C=O) groups is 1. The third-order valence-electron chi connectivity index (χ3n) is 4.93. The van der Waals surface area contributed by atoms with Crippen molar-refractivity contribution in [3.8, 4) is 5.75 Å². The smallest absolute Gasteiger partial charge is 0.260 e. The van der Waals surface area contributed by atoms with Crippen molar-refractivity contribution in [1.82, 2.24) is 10.2 Å². The summed E-state index contributed by atoms with van der Waals surface area (Å²) in [6, 6.07) is 6.04. The van der Waals surface area contributed by atoms with Gasteiger partial charge in [0.15, 0.2) is 6.61 Å². The molecular weight excluding hydrogens is 264 g/mol. The summed E-state index contributed by atoms with van der Waals surface area (Å²) in [5.74, 6) is 0.951. The summed E-state index contributed by atoms with van der Waals surface area (Å²) in [5, 5.41) is 3.52. The lowest BCUT2D eigenvalue weighted by Crippen LogP contribution is -2.62. The van der Waals surface area contributed by atoms with Crippen LogP contribution in [0.2, 0.25) is 0 Å². The maximum absolute atomic E-state index is 12.3. The van der Waals surface area contributed by atoms with Crippen molar-refractivity contribution < 1.29 is 9.53 Å². The Bertz CT molecular complexity index is 507. The fourth-order valence-corrected chi connectivity index (χ4v) is 3.34. The first-order valence-corrected chi connectivity index (χ1v) is 7.81. The predicted octanol–water partition coefficient (Wildman–Crippen LogP) is 2.04. The molecule has 4 heteroatoms. The van der Waals surface area contributed by atoms with Crippen molar-refractivity contribution in [2.24, 2.45) is 0 Å². The SMILES string of the molecule is Cc1cccc(C)c1OCC(=O)N1CCC2(CCN2)CC1. The molecule has 0 radical (unpaired) electrons. The van der Waals surface area contributed by atoms with Crippen LogP contribution < -0.4 is 10.1 Å². The second kappa shape index (κ2) is 5.68. The topological polar surface area (TPSA) is 41.6 Å². The summed E-state index contributed by atoms with van der Waals surface area (Å²) in [6.45, 7) is 7.00. The van der Waals surface area contributed by atoms with Crippen LogP contribution in [-0.2, 0) is 4.79 Å². The van der Waals surface area contributed by atoms with Crippen molar-refractivity contribution in [1.29, 1.82) is 0 Å². The zero-order valence-corrected chi connectivity index (χ0v) is 12.9. The summed E-state index contributed by atoms with van der Waals surface area (Å²) >= 11 is 0. The van der Waals surface area contributed by atoms with Gasteiger partial charge in [0.1, 0.15) is 5.75 Å². The molecule has 2 fully saturated rings. The van der Waals surface area contributed by atoms with Gasteiger partial charge >= 0.3 is 0 Å². The van der Waals surface area contributed by atoms with E-state index in [9.17, 15) is 4.79 Å². The van der Waals surface area contributed by atoms with Gasteiger partial charge in [-0.1, -0.05) is 18.2 Å². The average Bonchev–Trinajstić information content (AvgIpc) is 2.45. The molecule has 2 aliphatic rings. The van der Waals surface area contributed by atoms with E-state index in [1.807, 2.05) is 36.9 Å². The normalized spacial score (nSPS) is 20.2. The first kappa shape index (κ1) is 14.4. The van der Waals surface area contributed by atoms with Crippen LogP contribution in [0.25, 0.3) is 0 Å². The van der Waals surface area contributed by atoms with Crippen LogP contribution in [0, 0.1) is 13.8 Å². The molecule has 2 heterocycles. The standard InChI is InChI=1S/C17H24N2O2/c1-13-4-3-5-14(2)16(13)21-12-15(20)19-10-7-17(8-11-19)6-9-18-17/h3-5,18H,6-12H2,1-2H3. The van der Waals surface area contributed by atoms with Crippen LogP contribution in [0.1, 0.15) is 30.4 Å². The molecule has 4 nitrogen and oxygen atoms in total. The summed E-state index contributed by atoms with van der Waals surface area (Å²) in [6.07, 6.45) is 3.40. The number of carbonyl (C=O) groups excluding carboxylic acids is 1. The number of hydrogen-bond donors (Lipinski definition) is 1. The molecule has 2 aliphatic heterocycles. The van der Waals surface area contributed by atoms with Gasteiger partial charge in [0.2, 0.25) is 0 Å². The minimum absolute atomic E-state index is 0.104. The van der Waals surface area contributed by atoms with Gasteiger partial charge in [-0.15, -0.1) is 0 Å². The van der Waals surface area contributed by atoms with Crippen molar-refractivity contribution >= 4 is 5.91 Å². The number of ether oxygens (including phenoxy) is 1. The molecule has 1 spiro atoms. The Balaban J connectivity index is 1.53. The summed E-state index contributed by atoms with van der Waals surface area (Å²) in [5.41, 5.74) is 2.50. The van der Waals surface area contributed by atoms with Crippen molar-refractivity contribution in [2.75, 3.05) is 26.2 Å². The molecular formula is C17H24N2O2. The van der Waals surface area contributed by atoms with Gasteiger partial charge in [0, 0.05) is 18.6 Å². The molecule has 0 bridgehead atoms. The van der Waals surface area contributed by atoms with E-state index in [1.165, 1.54) is 6.42 Å². The van der Waals surface area contributed by atoms with E-state index in [2.05, 4.69) is 5.32 Å². The van der Waals surface area contributed by atoms with E-state index >= 15 is 0 Å². The van der Waals surface area contributed by atoms with Gasteiger partial charge in [-0.05, 0) is 50.8 Å². The number of amides is 1. The molecule has 21 heavy (non-hydrogen) atoms. The summed E-state index contributed by atoms with van der Waals surface area (Å²) < 4.78 is 5.77. The highest BCUT2D eigenvalue weighted by Gasteiger charge is 2.40. The number of benzene rings is 1. The quantitative estimate of drug-likeness (QED) is 0.925. The van der Waals surface area contributed by atoms with E-state index in [4.69, 9.17) is 4.74 Å². The van der Waals surface area contributed by atoms with Crippen LogP contribution in [0.4, 0.5) is 0 Å². The number of likely N-dealkylation sites (tertiary alicyclic amines) is 1. The second-order valence-electron chi connectivity index (χ2n) is 6.35. The van der Waals surface area contributed by atoms with Crippen LogP contribution in [0.15, 0.2) is 18.2 Å². The Morgan fingerprint density at radius 1 is 1.24 bits per heavy atom. The van der Waals surface area contributed by atoms with E-state index in [-0.39, 0.29) is 12.5 Å². The molecule has 0 atom stereocenters. The number of para-hydroxylation sites is 1. The molecule has 1 N–H and O–H groups in total. The fraction of sp³-hybridized carbons (Fsp3) is 0.588. The minimum atomic E-state index is 0.104. The fourth-order valence-electron chi connectivity index (χ4n) is 3.34. The number of piperidine rings is 1. The van der Waals surface area contributed by atoms with Crippen LogP contribution >= 0.6 is 0 Å². The number of hydrogen-bond acceptors (Lipinski definition) is 3. The minimum Gasteiger partial charge on any atom is -0.483 e. The largest absolute Gasteiger partial charge is 0.483 e. The van der Waals surface area contributed by atoms with E-state index in [0.717, 1.165) is 49.4 Å². The molecule has 1 aromatic carbocycles. The summed E-state index contributed by atoms with van der Waals surface area (Å²) in [4.78, 5) is 14.2. The van der Waals surface area contributed by atoms with Gasteiger partial charge in [-0.3, -0.25) is 4.79 Å². The Labute approximate surface area is 126 Å². The molecule has 2 saturated heterocycles. The lowest BCUT2D eigenvalue weighted by atomic mass is 9.79. The Morgan fingerprint density at radius 3 is 2.38 bits per heavy atom. The lowest BCUT2D eigenvalue weighted by Gasteiger charge is -2.48. The molecule has 1 aromatic rings. The first-order valence-electron chi connectivity index (χ1n) is 7.81. The third kappa shape index (κ3) is 2.91. The lowest BCUT2D eigenvalue weighted by molar-refractivity contribution is -0.135. The van der Waals surface area contributed by atoms with E-state index < -0.39 is 0 Å². The van der Waals surface area contributed by atoms with Crippen LogP contribution in [0.3, 0.4) is 0 Å².